The number of fused-ring (bicyclic) bond motifs is 1. The number of benzene rings is 2. The van der Waals surface area contributed by atoms with Crippen molar-refractivity contribution in [1.29, 1.82) is 0 Å². The molecule has 2 heterocycles. The summed E-state index contributed by atoms with van der Waals surface area (Å²) in [4.78, 5) is 25.4. The van der Waals surface area contributed by atoms with Gasteiger partial charge in [0, 0.05) is 29.7 Å². The van der Waals surface area contributed by atoms with Crippen LogP contribution in [0.1, 0.15) is 22.3 Å². The van der Waals surface area contributed by atoms with E-state index in [9.17, 15) is 35.9 Å². The van der Waals surface area contributed by atoms with E-state index in [4.69, 9.17) is 4.74 Å². The molecule has 0 spiro atoms. The average molecular weight is 468 g/mol. The van der Waals surface area contributed by atoms with Crippen LogP contribution in [-0.2, 0) is 35.5 Å². The van der Waals surface area contributed by atoms with Crippen molar-refractivity contribution in [3.63, 3.8) is 0 Å². The van der Waals surface area contributed by atoms with Gasteiger partial charge in [-0.3, -0.25) is 4.79 Å². The van der Waals surface area contributed by atoms with Crippen molar-refractivity contribution in [3.05, 3.63) is 76.7 Å². The summed E-state index contributed by atoms with van der Waals surface area (Å²) >= 11 is 0. The first kappa shape index (κ1) is 22.4. The minimum Gasteiger partial charge on any atom is -0.404 e. The minimum atomic E-state index is -5.05. The number of carbonyl (C=O) groups excluding carboxylic acids is 2. The summed E-state index contributed by atoms with van der Waals surface area (Å²) in [6.45, 7) is -0.822. The molecular weight excluding hydrogens is 454 g/mol. The Hall–Kier alpha value is -3.76. The monoisotopic (exact) mass is 468 g/mol. The van der Waals surface area contributed by atoms with Gasteiger partial charge in [0.1, 0.15) is 0 Å². The average Bonchev–Trinajstić information content (AvgIpc) is 3.18. The predicted molar refractivity (Wildman–Crippen MR) is 104 cm³/mol. The summed E-state index contributed by atoms with van der Waals surface area (Å²) in [5.41, 5.74) is -2.22. The van der Waals surface area contributed by atoms with E-state index in [1.54, 1.807) is 29.9 Å². The van der Waals surface area contributed by atoms with Gasteiger partial charge in [-0.2, -0.15) is 26.3 Å². The predicted octanol–water partition coefficient (Wildman–Crippen LogP) is 5.74. The first-order chi connectivity index (χ1) is 15.3. The zero-order valence-electron chi connectivity index (χ0n) is 16.8. The van der Waals surface area contributed by atoms with Crippen molar-refractivity contribution < 1.29 is 40.7 Å². The number of alkyl halides is 6. The van der Waals surface area contributed by atoms with Gasteiger partial charge < -0.3 is 9.30 Å². The number of hydrogen-bond acceptors (Lipinski definition) is 3. The number of halogens is 6. The molecule has 0 N–H and O–H groups in total. The van der Waals surface area contributed by atoms with Crippen molar-refractivity contribution in [3.8, 4) is 0 Å². The zero-order valence-corrected chi connectivity index (χ0v) is 16.8. The fourth-order valence-corrected chi connectivity index (χ4v) is 3.56. The Balaban J connectivity index is 1.67. The molecule has 2 amide bonds. The smallest absolute Gasteiger partial charge is 0.404 e. The molecule has 172 valence electrons. The molecule has 11 heteroatoms. The molecule has 0 saturated carbocycles. The fourth-order valence-electron chi connectivity index (χ4n) is 3.56. The molecule has 33 heavy (non-hydrogen) atoms. The van der Waals surface area contributed by atoms with Crippen LogP contribution in [0.3, 0.4) is 0 Å². The number of imide groups is 1. The number of aryl methyl sites for hydroxylation is 1. The van der Waals surface area contributed by atoms with Crippen molar-refractivity contribution >= 4 is 29.0 Å². The number of hydrogen-bond donors (Lipinski definition) is 0. The molecule has 0 unspecified atom stereocenters. The number of cyclic esters (lactones) is 1. The van der Waals surface area contributed by atoms with E-state index in [0.29, 0.717) is 22.6 Å². The number of amides is 2. The summed E-state index contributed by atoms with van der Waals surface area (Å²) in [5, 5.41) is 0.752. The van der Waals surface area contributed by atoms with Gasteiger partial charge in [-0.1, -0.05) is 18.2 Å². The Bertz CT molecular complexity index is 1270. The third-order valence-electron chi connectivity index (χ3n) is 5.08. The standard InChI is InChI=1S/C22H14F6N2O3/c1-29-11-13(16-4-2-3-5-17(16)29)8-18-19(31)30(20(32)33-18)10-12-6-14(21(23,24)25)9-15(7-12)22(26,27)28/h2-9,11H,10H2,1H3/b18-8+. The Morgan fingerprint density at radius 2 is 1.55 bits per heavy atom. The number of carbonyl (C=O) groups is 2. The molecule has 1 aliphatic heterocycles. The first-order valence-corrected chi connectivity index (χ1v) is 9.42. The number of aromatic nitrogens is 1. The molecule has 3 aromatic rings. The molecule has 2 aromatic carbocycles. The third kappa shape index (κ3) is 4.30. The Morgan fingerprint density at radius 1 is 0.939 bits per heavy atom. The van der Waals surface area contributed by atoms with Crippen LogP contribution in [0.5, 0.6) is 0 Å². The van der Waals surface area contributed by atoms with E-state index in [0.717, 1.165) is 10.9 Å². The summed E-state index contributed by atoms with van der Waals surface area (Å²) in [6, 6.07) is 8.08. The lowest BCUT2D eigenvalue weighted by atomic mass is 10.0. The molecule has 0 aliphatic carbocycles. The van der Waals surface area contributed by atoms with E-state index in [1.165, 1.54) is 6.08 Å². The zero-order chi connectivity index (χ0) is 24.1. The maximum Gasteiger partial charge on any atom is 0.422 e. The van der Waals surface area contributed by atoms with E-state index in [2.05, 4.69) is 0 Å². The Labute approximate surface area is 182 Å². The lowest BCUT2D eigenvalue weighted by molar-refractivity contribution is -0.143. The van der Waals surface area contributed by atoms with Crippen LogP contribution in [-0.4, -0.2) is 21.5 Å². The van der Waals surface area contributed by atoms with E-state index in [-0.39, 0.29) is 11.8 Å². The molecule has 5 nitrogen and oxygen atoms in total. The van der Waals surface area contributed by atoms with Gasteiger partial charge in [0.2, 0.25) is 0 Å². The van der Waals surface area contributed by atoms with E-state index in [1.807, 2.05) is 12.1 Å². The van der Waals surface area contributed by atoms with E-state index < -0.39 is 47.6 Å². The van der Waals surface area contributed by atoms with E-state index >= 15 is 0 Å². The van der Waals surface area contributed by atoms with Crippen LogP contribution in [0.4, 0.5) is 31.1 Å². The normalized spacial score (nSPS) is 16.2. The number of rotatable bonds is 3. The van der Waals surface area contributed by atoms with Crippen LogP contribution in [0.2, 0.25) is 0 Å². The van der Waals surface area contributed by atoms with Gasteiger partial charge in [-0.05, 0) is 35.9 Å². The topological polar surface area (TPSA) is 51.5 Å². The Morgan fingerprint density at radius 3 is 2.15 bits per heavy atom. The summed E-state index contributed by atoms with van der Waals surface area (Å²) in [6.07, 6.45) is -8.31. The van der Waals surface area contributed by atoms with Crippen molar-refractivity contribution in [2.24, 2.45) is 7.05 Å². The number of ether oxygens (including phenoxy) is 1. The highest BCUT2D eigenvalue weighted by molar-refractivity contribution is 6.10. The molecule has 4 rings (SSSR count). The highest BCUT2D eigenvalue weighted by Crippen LogP contribution is 2.37. The highest BCUT2D eigenvalue weighted by Gasteiger charge is 2.40. The van der Waals surface area contributed by atoms with Crippen LogP contribution < -0.4 is 0 Å². The van der Waals surface area contributed by atoms with Crippen LogP contribution in [0.25, 0.3) is 17.0 Å². The maximum atomic E-state index is 13.1. The second kappa shape index (κ2) is 7.68. The third-order valence-corrected chi connectivity index (χ3v) is 5.08. The van der Waals surface area contributed by atoms with Gasteiger partial charge in [-0.15, -0.1) is 0 Å². The van der Waals surface area contributed by atoms with Gasteiger partial charge in [-0.25, -0.2) is 9.69 Å². The Kier molecular flexibility index (Phi) is 5.22. The van der Waals surface area contributed by atoms with Gasteiger partial charge in [0.15, 0.2) is 5.76 Å². The molecule has 1 fully saturated rings. The molecule has 0 radical (unpaired) electrons. The quantitative estimate of drug-likeness (QED) is 0.364. The lowest BCUT2D eigenvalue weighted by Gasteiger charge is -2.16. The molecule has 1 aromatic heterocycles. The SMILES string of the molecule is Cn1cc(/C=C2/OC(=O)N(Cc3cc(C(F)(F)F)cc(C(F)(F)F)c3)C2=O)c2ccccc21. The van der Waals surface area contributed by atoms with Crippen LogP contribution >= 0.6 is 0 Å². The van der Waals surface area contributed by atoms with Crippen molar-refractivity contribution in [2.75, 3.05) is 0 Å². The lowest BCUT2D eigenvalue weighted by Crippen LogP contribution is -2.28. The minimum absolute atomic E-state index is 0.0283. The molecule has 1 aliphatic rings. The summed E-state index contributed by atoms with van der Waals surface area (Å²) in [7, 11) is 1.77. The second-order valence-corrected chi connectivity index (χ2v) is 7.39. The van der Waals surface area contributed by atoms with Gasteiger partial charge in [0.25, 0.3) is 5.91 Å². The summed E-state index contributed by atoms with van der Waals surface area (Å²) in [5.74, 6) is -1.36. The largest absolute Gasteiger partial charge is 0.422 e. The van der Waals surface area contributed by atoms with Crippen molar-refractivity contribution in [2.45, 2.75) is 18.9 Å². The highest BCUT2D eigenvalue weighted by atomic mass is 19.4. The van der Waals surface area contributed by atoms with Crippen LogP contribution in [0, 0.1) is 0 Å². The molecular formula is C22H14F6N2O3. The van der Waals surface area contributed by atoms with Gasteiger partial charge in [0.05, 0.1) is 17.7 Å². The molecule has 0 bridgehead atoms. The number of nitrogens with zero attached hydrogens (tertiary/aromatic N) is 2. The number of para-hydroxylation sites is 1. The summed E-state index contributed by atoms with van der Waals surface area (Å²) < 4.78 is 85.3. The van der Waals surface area contributed by atoms with Gasteiger partial charge >= 0.3 is 18.4 Å². The van der Waals surface area contributed by atoms with Crippen LogP contribution in [0.15, 0.2) is 54.4 Å². The molecule has 1 saturated heterocycles. The van der Waals surface area contributed by atoms with Crippen molar-refractivity contribution in [1.82, 2.24) is 9.47 Å². The fraction of sp³-hybridized carbons (Fsp3) is 0.182. The molecule has 0 atom stereocenters. The first-order valence-electron chi connectivity index (χ1n) is 9.42. The second-order valence-electron chi connectivity index (χ2n) is 7.39. The maximum absolute atomic E-state index is 13.1.